The van der Waals surface area contributed by atoms with E-state index in [0.29, 0.717) is 24.0 Å². The van der Waals surface area contributed by atoms with Crippen LogP contribution in [-0.4, -0.2) is 24.6 Å². The summed E-state index contributed by atoms with van der Waals surface area (Å²) in [4.78, 5) is 24.0. The highest BCUT2D eigenvalue weighted by Crippen LogP contribution is 2.35. The summed E-state index contributed by atoms with van der Waals surface area (Å²) in [5.41, 5.74) is -0.343. The summed E-state index contributed by atoms with van der Waals surface area (Å²) in [5.74, 6) is -2.95. The summed E-state index contributed by atoms with van der Waals surface area (Å²) in [7, 11) is 0. The lowest BCUT2D eigenvalue weighted by molar-refractivity contribution is -0.159. The molecule has 0 N–H and O–H groups in total. The molecule has 3 atom stereocenters. The highest BCUT2D eigenvalue weighted by atomic mass is 35.5. The van der Waals surface area contributed by atoms with Crippen LogP contribution in [0.1, 0.15) is 50.4 Å². The van der Waals surface area contributed by atoms with E-state index in [1.165, 1.54) is 0 Å². The minimum absolute atomic E-state index is 0.211. The molecule has 0 spiro atoms. The number of rotatable bonds is 5. The minimum atomic E-state index is -1.22. The van der Waals surface area contributed by atoms with Gasteiger partial charge in [0.15, 0.2) is 18.2 Å². The number of hydrogen-bond donors (Lipinski definition) is 0. The Morgan fingerprint density at radius 1 is 1.23 bits per heavy atom. The normalized spacial score (nSPS) is 23.0. The van der Waals surface area contributed by atoms with Crippen molar-refractivity contribution in [2.24, 2.45) is 17.8 Å². The zero-order chi connectivity index (χ0) is 19.4. The lowest BCUT2D eigenvalue weighted by Crippen LogP contribution is -2.36. The largest absolute Gasteiger partial charge is 0.460 e. The second-order valence-electron chi connectivity index (χ2n) is 7.18. The van der Waals surface area contributed by atoms with Crippen molar-refractivity contribution in [1.29, 1.82) is 0 Å². The van der Waals surface area contributed by atoms with Crippen LogP contribution in [0.15, 0.2) is 12.1 Å². The van der Waals surface area contributed by atoms with Crippen LogP contribution in [0.2, 0.25) is 5.02 Å². The van der Waals surface area contributed by atoms with Gasteiger partial charge >= 0.3 is 11.9 Å². The molecule has 0 aromatic heterocycles. The smallest absolute Gasteiger partial charge is 0.344 e. The monoisotopic (exact) mass is 388 g/mol. The molecule has 26 heavy (non-hydrogen) atoms. The third-order valence-electron chi connectivity index (χ3n) is 4.80. The average molecular weight is 389 g/mol. The van der Waals surface area contributed by atoms with Crippen molar-refractivity contribution in [2.75, 3.05) is 6.61 Å². The molecule has 2 rings (SSSR count). The molecule has 0 unspecified atom stereocenters. The van der Waals surface area contributed by atoms with Crippen molar-refractivity contribution in [1.82, 2.24) is 0 Å². The van der Waals surface area contributed by atoms with E-state index in [0.717, 1.165) is 19.3 Å². The first-order valence-corrected chi connectivity index (χ1v) is 9.08. The Hall–Kier alpha value is -1.69. The number of benzene rings is 1. The second kappa shape index (κ2) is 8.80. The number of halogens is 3. The van der Waals surface area contributed by atoms with Gasteiger partial charge in [-0.1, -0.05) is 38.8 Å². The van der Waals surface area contributed by atoms with E-state index >= 15 is 0 Å². The fourth-order valence-corrected chi connectivity index (χ4v) is 3.56. The van der Waals surface area contributed by atoms with E-state index in [1.54, 1.807) is 0 Å². The summed E-state index contributed by atoms with van der Waals surface area (Å²) in [5, 5.41) is -0.289. The molecule has 4 nitrogen and oxygen atoms in total. The topological polar surface area (TPSA) is 52.6 Å². The summed E-state index contributed by atoms with van der Waals surface area (Å²) in [6.45, 7) is 5.69. The Kier molecular flexibility index (Phi) is 6.98. The van der Waals surface area contributed by atoms with Crippen LogP contribution >= 0.6 is 11.6 Å². The maximum absolute atomic E-state index is 13.2. The zero-order valence-electron chi connectivity index (χ0n) is 15.1. The van der Waals surface area contributed by atoms with Crippen LogP contribution in [0, 0.1) is 29.4 Å². The summed E-state index contributed by atoms with van der Waals surface area (Å²) >= 11 is 5.71. The van der Waals surface area contributed by atoms with Gasteiger partial charge in [0.2, 0.25) is 0 Å². The van der Waals surface area contributed by atoms with Crippen molar-refractivity contribution in [3.05, 3.63) is 34.4 Å². The van der Waals surface area contributed by atoms with Gasteiger partial charge in [0.1, 0.15) is 6.10 Å². The van der Waals surface area contributed by atoms with E-state index in [1.807, 2.05) is 0 Å². The molecule has 1 fully saturated rings. The molecule has 1 aromatic carbocycles. The van der Waals surface area contributed by atoms with E-state index < -0.39 is 30.2 Å². The average Bonchev–Trinajstić information content (AvgIpc) is 2.55. The third-order valence-corrected chi connectivity index (χ3v) is 5.11. The molecule has 0 radical (unpaired) electrons. The van der Waals surface area contributed by atoms with Gasteiger partial charge in [-0.05, 0) is 42.7 Å². The predicted octanol–water partition coefficient (Wildman–Crippen LogP) is 4.78. The first-order chi connectivity index (χ1) is 12.2. The molecule has 1 aliphatic rings. The Balaban J connectivity index is 1.93. The van der Waals surface area contributed by atoms with Crippen molar-refractivity contribution < 1.29 is 27.8 Å². The van der Waals surface area contributed by atoms with Crippen molar-refractivity contribution in [3.8, 4) is 0 Å². The molecule has 1 aromatic rings. The minimum Gasteiger partial charge on any atom is -0.460 e. The summed E-state index contributed by atoms with van der Waals surface area (Å²) in [6.07, 6.45) is 2.65. The molecule has 0 amide bonds. The Labute approximate surface area is 156 Å². The number of ether oxygens (including phenoxy) is 2. The highest BCUT2D eigenvalue weighted by Gasteiger charge is 2.33. The fourth-order valence-electron chi connectivity index (χ4n) is 3.33. The zero-order valence-corrected chi connectivity index (χ0v) is 15.8. The molecule has 0 aliphatic heterocycles. The number of carbonyl (C=O) groups excluding carboxylic acids is 2. The first kappa shape index (κ1) is 20.6. The molecule has 1 saturated carbocycles. The predicted molar refractivity (Wildman–Crippen MR) is 92.9 cm³/mol. The van der Waals surface area contributed by atoms with Gasteiger partial charge in [-0.15, -0.1) is 0 Å². The maximum Gasteiger partial charge on any atom is 0.344 e. The van der Waals surface area contributed by atoms with Crippen LogP contribution in [-0.2, 0) is 14.3 Å². The molecule has 144 valence electrons. The van der Waals surface area contributed by atoms with Gasteiger partial charge in [0.25, 0.3) is 0 Å². The quantitative estimate of drug-likeness (QED) is 0.538. The van der Waals surface area contributed by atoms with E-state index in [2.05, 4.69) is 20.8 Å². The first-order valence-electron chi connectivity index (χ1n) is 8.70. The molecule has 0 saturated heterocycles. The van der Waals surface area contributed by atoms with Crippen molar-refractivity contribution in [3.63, 3.8) is 0 Å². The standard InChI is InChI=1S/C19H23ClF2O4/c1-10(2)12-5-4-11(3)6-17(12)26-18(23)9-25-19(24)13-7-15(21)16(22)8-14(13)20/h7-8,10-12,17H,4-6,9H2,1-3H3/t11-,12-,17+/m1/s1. The summed E-state index contributed by atoms with van der Waals surface area (Å²) < 4.78 is 36.6. The van der Waals surface area contributed by atoms with Gasteiger partial charge in [-0.3, -0.25) is 0 Å². The van der Waals surface area contributed by atoms with Gasteiger partial charge in [-0.2, -0.15) is 0 Å². The molecule has 7 heteroatoms. The fraction of sp³-hybridized carbons (Fsp3) is 0.579. The highest BCUT2D eigenvalue weighted by molar-refractivity contribution is 6.33. The Bertz CT molecular complexity index is 678. The summed E-state index contributed by atoms with van der Waals surface area (Å²) in [6, 6.07) is 1.32. The second-order valence-corrected chi connectivity index (χ2v) is 7.58. The maximum atomic E-state index is 13.2. The Morgan fingerprint density at radius 2 is 1.88 bits per heavy atom. The van der Waals surface area contributed by atoms with Crippen LogP contribution in [0.25, 0.3) is 0 Å². The van der Waals surface area contributed by atoms with Gasteiger partial charge < -0.3 is 9.47 Å². The van der Waals surface area contributed by atoms with Crippen molar-refractivity contribution in [2.45, 2.75) is 46.1 Å². The number of carbonyl (C=O) groups is 2. The van der Waals surface area contributed by atoms with E-state index in [4.69, 9.17) is 21.1 Å². The van der Waals surface area contributed by atoms with Gasteiger partial charge in [0, 0.05) is 0 Å². The molecule has 0 heterocycles. The van der Waals surface area contributed by atoms with Crippen LogP contribution in [0.4, 0.5) is 8.78 Å². The lowest BCUT2D eigenvalue weighted by Gasteiger charge is -2.36. The van der Waals surface area contributed by atoms with E-state index in [-0.39, 0.29) is 22.6 Å². The lowest BCUT2D eigenvalue weighted by atomic mass is 9.75. The van der Waals surface area contributed by atoms with E-state index in [9.17, 15) is 18.4 Å². The molecule has 1 aliphatic carbocycles. The molecule has 0 bridgehead atoms. The van der Waals surface area contributed by atoms with Crippen LogP contribution in [0.5, 0.6) is 0 Å². The van der Waals surface area contributed by atoms with Crippen LogP contribution < -0.4 is 0 Å². The number of esters is 2. The molecular weight excluding hydrogens is 366 g/mol. The molecular formula is C19H23ClF2O4. The van der Waals surface area contributed by atoms with Gasteiger partial charge in [-0.25, -0.2) is 18.4 Å². The SMILES string of the molecule is CC(C)[C@H]1CC[C@@H](C)C[C@@H]1OC(=O)COC(=O)c1cc(F)c(F)cc1Cl. The van der Waals surface area contributed by atoms with Crippen molar-refractivity contribution >= 4 is 23.5 Å². The van der Waals surface area contributed by atoms with Gasteiger partial charge in [0.05, 0.1) is 10.6 Å². The Morgan fingerprint density at radius 3 is 2.54 bits per heavy atom. The third kappa shape index (κ3) is 5.16. The van der Waals surface area contributed by atoms with Crippen LogP contribution in [0.3, 0.4) is 0 Å². The number of hydrogen-bond acceptors (Lipinski definition) is 4.